The number of aryl methyl sites for hydroxylation is 2. The molecule has 18 heavy (non-hydrogen) atoms. The molecule has 3 heteroatoms. The first kappa shape index (κ1) is 11.9. The Morgan fingerprint density at radius 2 is 2.17 bits per heavy atom. The number of hydrogen-bond donors (Lipinski definition) is 1. The van der Waals surface area contributed by atoms with Crippen LogP contribution in [0.25, 0.3) is 0 Å². The van der Waals surface area contributed by atoms with E-state index in [0.717, 1.165) is 13.0 Å². The zero-order valence-electron chi connectivity index (χ0n) is 10.6. The van der Waals surface area contributed by atoms with Crippen LogP contribution in [0, 0.1) is 6.92 Å². The van der Waals surface area contributed by atoms with E-state index in [1.807, 2.05) is 5.51 Å². The van der Waals surface area contributed by atoms with Gasteiger partial charge >= 0.3 is 0 Å². The Hall–Kier alpha value is -1.19. The second-order valence-electron chi connectivity index (χ2n) is 4.95. The maximum absolute atomic E-state index is 4.29. The minimum atomic E-state index is 0.612. The van der Waals surface area contributed by atoms with Crippen LogP contribution in [0.5, 0.6) is 0 Å². The van der Waals surface area contributed by atoms with Crippen LogP contribution in [-0.4, -0.2) is 11.0 Å². The fraction of sp³-hybridized carbons (Fsp3) is 0.400. The highest BCUT2D eigenvalue weighted by Crippen LogP contribution is 2.21. The molecule has 0 saturated heterocycles. The first-order valence-electron chi connectivity index (χ1n) is 6.52. The standard InChI is InChI=1S/C15H18N2S/c1-11-15(18-10-17-11)9-16-14-7-6-12-4-2-3-5-13(12)8-14/h2-5,10,14,16H,6-9H2,1H3. The van der Waals surface area contributed by atoms with Gasteiger partial charge in [-0.2, -0.15) is 0 Å². The van der Waals surface area contributed by atoms with E-state index in [1.54, 1.807) is 11.3 Å². The van der Waals surface area contributed by atoms with Crippen molar-refractivity contribution in [1.29, 1.82) is 0 Å². The molecule has 0 radical (unpaired) electrons. The zero-order valence-corrected chi connectivity index (χ0v) is 11.5. The number of thiazole rings is 1. The third-order valence-electron chi connectivity index (χ3n) is 3.74. The fourth-order valence-corrected chi connectivity index (χ4v) is 3.33. The molecule has 0 saturated carbocycles. The van der Waals surface area contributed by atoms with Gasteiger partial charge in [0.25, 0.3) is 0 Å². The monoisotopic (exact) mass is 258 g/mol. The summed E-state index contributed by atoms with van der Waals surface area (Å²) in [6.45, 7) is 3.05. The highest BCUT2D eigenvalue weighted by atomic mass is 32.1. The second kappa shape index (κ2) is 5.21. The molecule has 0 spiro atoms. The smallest absolute Gasteiger partial charge is 0.0798 e. The Labute approximate surface area is 112 Å². The molecule has 2 aromatic rings. The van der Waals surface area contributed by atoms with Gasteiger partial charge in [0.15, 0.2) is 0 Å². The Morgan fingerprint density at radius 3 is 2.94 bits per heavy atom. The Balaban J connectivity index is 1.61. The van der Waals surface area contributed by atoms with E-state index in [0.29, 0.717) is 6.04 Å². The van der Waals surface area contributed by atoms with Crippen molar-refractivity contribution in [3.63, 3.8) is 0 Å². The average Bonchev–Trinajstić information content (AvgIpc) is 2.82. The van der Waals surface area contributed by atoms with Crippen molar-refractivity contribution in [3.8, 4) is 0 Å². The van der Waals surface area contributed by atoms with Crippen molar-refractivity contribution >= 4 is 11.3 Å². The molecule has 1 heterocycles. The van der Waals surface area contributed by atoms with Crippen molar-refractivity contribution in [2.24, 2.45) is 0 Å². The predicted octanol–water partition coefficient (Wildman–Crippen LogP) is 3.10. The van der Waals surface area contributed by atoms with Gasteiger partial charge in [-0.15, -0.1) is 11.3 Å². The first-order chi connectivity index (χ1) is 8.83. The second-order valence-corrected chi connectivity index (χ2v) is 5.89. The lowest BCUT2D eigenvalue weighted by Crippen LogP contribution is -2.34. The van der Waals surface area contributed by atoms with Gasteiger partial charge in [0.1, 0.15) is 0 Å². The molecule has 0 bridgehead atoms. The van der Waals surface area contributed by atoms with E-state index in [-0.39, 0.29) is 0 Å². The Kier molecular flexibility index (Phi) is 3.43. The van der Waals surface area contributed by atoms with Gasteiger partial charge in [-0.25, -0.2) is 4.98 Å². The van der Waals surface area contributed by atoms with Crippen LogP contribution < -0.4 is 5.32 Å². The number of nitrogens with one attached hydrogen (secondary N) is 1. The maximum atomic E-state index is 4.29. The van der Waals surface area contributed by atoms with Crippen molar-refractivity contribution in [2.75, 3.05) is 0 Å². The topological polar surface area (TPSA) is 24.9 Å². The number of benzene rings is 1. The van der Waals surface area contributed by atoms with Crippen LogP contribution >= 0.6 is 11.3 Å². The predicted molar refractivity (Wildman–Crippen MR) is 75.9 cm³/mol. The minimum absolute atomic E-state index is 0.612. The molecule has 1 unspecified atom stereocenters. The van der Waals surface area contributed by atoms with Crippen LogP contribution in [0.15, 0.2) is 29.8 Å². The van der Waals surface area contributed by atoms with Crippen molar-refractivity contribution in [1.82, 2.24) is 10.3 Å². The molecule has 2 nitrogen and oxygen atoms in total. The third kappa shape index (κ3) is 2.47. The molecule has 1 aromatic carbocycles. The Morgan fingerprint density at radius 1 is 1.33 bits per heavy atom. The molecule has 0 aliphatic heterocycles. The van der Waals surface area contributed by atoms with Gasteiger partial charge in [0.05, 0.1) is 11.2 Å². The summed E-state index contributed by atoms with van der Waals surface area (Å²) in [5.74, 6) is 0. The summed E-state index contributed by atoms with van der Waals surface area (Å²) in [5, 5.41) is 3.68. The molecule has 3 rings (SSSR count). The van der Waals surface area contributed by atoms with E-state index in [9.17, 15) is 0 Å². The summed E-state index contributed by atoms with van der Waals surface area (Å²) in [4.78, 5) is 5.66. The molecule has 0 amide bonds. The molecule has 1 aliphatic carbocycles. The fourth-order valence-electron chi connectivity index (χ4n) is 2.60. The average molecular weight is 258 g/mol. The molecule has 1 aliphatic rings. The SMILES string of the molecule is Cc1ncsc1CNC1CCc2ccccc2C1. The van der Waals surface area contributed by atoms with Crippen LogP contribution in [0.1, 0.15) is 28.1 Å². The van der Waals surface area contributed by atoms with Crippen molar-refractivity contribution < 1.29 is 0 Å². The highest BCUT2D eigenvalue weighted by molar-refractivity contribution is 7.09. The number of aromatic nitrogens is 1. The molecule has 1 aromatic heterocycles. The summed E-state index contributed by atoms with van der Waals surface area (Å²) < 4.78 is 0. The quantitative estimate of drug-likeness (QED) is 0.915. The van der Waals surface area contributed by atoms with Gasteiger partial charge in [-0.05, 0) is 37.3 Å². The number of hydrogen-bond acceptors (Lipinski definition) is 3. The summed E-state index contributed by atoms with van der Waals surface area (Å²) >= 11 is 1.75. The lowest BCUT2D eigenvalue weighted by Gasteiger charge is -2.25. The number of fused-ring (bicyclic) bond motifs is 1. The third-order valence-corrected chi connectivity index (χ3v) is 4.68. The van der Waals surface area contributed by atoms with E-state index >= 15 is 0 Å². The molecule has 0 fully saturated rings. The lowest BCUT2D eigenvalue weighted by molar-refractivity contribution is 0.459. The molecule has 1 atom stereocenters. The van der Waals surface area contributed by atoms with Gasteiger partial charge in [0.2, 0.25) is 0 Å². The van der Waals surface area contributed by atoms with Gasteiger partial charge in [-0.1, -0.05) is 24.3 Å². The van der Waals surface area contributed by atoms with Gasteiger partial charge in [0, 0.05) is 17.5 Å². The highest BCUT2D eigenvalue weighted by Gasteiger charge is 2.17. The summed E-state index contributed by atoms with van der Waals surface area (Å²) in [6.07, 6.45) is 3.61. The molecular formula is C15H18N2S. The lowest BCUT2D eigenvalue weighted by atomic mass is 9.88. The van der Waals surface area contributed by atoms with Crippen LogP contribution in [0.2, 0.25) is 0 Å². The Bertz CT molecular complexity index is 533. The van der Waals surface area contributed by atoms with E-state index < -0.39 is 0 Å². The van der Waals surface area contributed by atoms with Gasteiger partial charge < -0.3 is 5.32 Å². The van der Waals surface area contributed by atoms with Crippen LogP contribution in [0.3, 0.4) is 0 Å². The largest absolute Gasteiger partial charge is 0.309 e. The zero-order chi connectivity index (χ0) is 12.4. The van der Waals surface area contributed by atoms with Crippen LogP contribution in [-0.2, 0) is 19.4 Å². The summed E-state index contributed by atoms with van der Waals surface area (Å²) in [5.41, 5.74) is 6.15. The number of rotatable bonds is 3. The van der Waals surface area contributed by atoms with E-state index in [4.69, 9.17) is 0 Å². The van der Waals surface area contributed by atoms with E-state index in [1.165, 1.54) is 34.5 Å². The van der Waals surface area contributed by atoms with E-state index in [2.05, 4.69) is 41.5 Å². The normalized spacial score (nSPS) is 18.6. The van der Waals surface area contributed by atoms with Crippen molar-refractivity contribution in [3.05, 3.63) is 51.5 Å². The van der Waals surface area contributed by atoms with Crippen molar-refractivity contribution in [2.45, 2.75) is 38.8 Å². The molecular weight excluding hydrogens is 240 g/mol. The summed E-state index contributed by atoms with van der Waals surface area (Å²) in [6, 6.07) is 9.43. The molecule has 1 N–H and O–H groups in total. The first-order valence-corrected chi connectivity index (χ1v) is 7.40. The van der Waals surface area contributed by atoms with Crippen LogP contribution in [0.4, 0.5) is 0 Å². The number of nitrogens with zero attached hydrogens (tertiary/aromatic N) is 1. The maximum Gasteiger partial charge on any atom is 0.0798 e. The van der Waals surface area contributed by atoms with Gasteiger partial charge in [-0.3, -0.25) is 0 Å². The minimum Gasteiger partial charge on any atom is -0.309 e. The summed E-state index contributed by atoms with van der Waals surface area (Å²) in [7, 11) is 0. The molecule has 94 valence electrons.